The maximum atomic E-state index is 5.62. The zero-order chi connectivity index (χ0) is 22.2. The molecule has 0 fully saturated rings. The predicted octanol–water partition coefficient (Wildman–Crippen LogP) is 4.73. The van der Waals surface area contributed by atoms with Crippen LogP contribution in [0.15, 0.2) is 91.0 Å². The first-order valence-electron chi connectivity index (χ1n) is 10.7. The Hall–Kier alpha value is -2.46. The number of hydrogen-bond donors (Lipinski definition) is 3. The summed E-state index contributed by atoms with van der Waals surface area (Å²) in [5.74, 6) is 0. The lowest BCUT2D eigenvalue weighted by Crippen LogP contribution is -2.17. The molecule has 0 saturated heterocycles. The van der Waals surface area contributed by atoms with E-state index in [1.54, 1.807) is 0 Å². The van der Waals surface area contributed by atoms with Crippen LogP contribution in [0.3, 0.4) is 0 Å². The zero-order valence-corrected chi connectivity index (χ0v) is 18.7. The minimum atomic E-state index is 0.266. The van der Waals surface area contributed by atoms with E-state index in [4.69, 9.17) is 17.2 Å². The van der Waals surface area contributed by atoms with Crippen molar-refractivity contribution in [1.82, 2.24) is 0 Å². The molecule has 0 spiro atoms. The second kappa shape index (κ2) is 15.4. The summed E-state index contributed by atoms with van der Waals surface area (Å²) in [4.78, 5) is 0. The lowest BCUT2D eigenvalue weighted by atomic mass is 10.1. The minimum Gasteiger partial charge on any atom is -0.328 e. The van der Waals surface area contributed by atoms with E-state index in [2.05, 4.69) is 36.4 Å². The predicted molar refractivity (Wildman–Crippen MR) is 131 cm³/mol. The Kier molecular flexibility index (Phi) is 13.1. The van der Waals surface area contributed by atoms with Gasteiger partial charge in [0, 0.05) is 18.1 Å². The Balaban J connectivity index is 0.000000225. The molecule has 0 bridgehead atoms. The smallest absolute Gasteiger partial charge is 0.00509 e. The summed E-state index contributed by atoms with van der Waals surface area (Å²) in [5, 5.41) is 0. The SMILES string of the molecule is CC(N)Cc1ccccc1.CC(N)Cc1ccccc1.CC(N)Cc1ccccc1. The quantitative estimate of drug-likeness (QED) is 0.555. The molecule has 30 heavy (non-hydrogen) atoms. The van der Waals surface area contributed by atoms with Crippen molar-refractivity contribution in [2.24, 2.45) is 17.2 Å². The zero-order valence-electron chi connectivity index (χ0n) is 18.7. The lowest BCUT2D eigenvalue weighted by molar-refractivity contribution is 0.738. The molecule has 3 rings (SSSR count). The lowest BCUT2D eigenvalue weighted by Gasteiger charge is -2.02. The molecule has 0 aromatic heterocycles. The van der Waals surface area contributed by atoms with Crippen LogP contribution < -0.4 is 17.2 Å². The monoisotopic (exact) mass is 405 g/mol. The summed E-state index contributed by atoms with van der Waals surface area (Å²) in [6.07, 6.45) is 2.92. The number of benzene rings is 3. The van der Waals surface area contributed by atoms with E-state index in [1.807, 2.05) is 75.4 Å². The molecule has 6 N–H and O–H groups in total. The van der Waals surface area contributed by atoms with Gasteiger partial charge >= 0.3 is 0 Å². The van der Waals surface area contributed by atoms with Gasteiger partial charge in [-0.05, 0) is 56.7 Å². The van der Waals surface area contributed by atoms with Crippen LogP contribution in [0.4, 0.5) is 0 Å². The Morgan fingerprint density at radius 3 is 0.800 bits per heavy atom. The highest BCUT2D eigenvalue weighted by Crippen LogP contribution is 2.02. The van der Waals surface area contributed by atoms with Crippen molar-refractivity contribution in [2.45, 2.75) is 58.2 Å². The van der Waals surface area contributed by atoms with Gasteiger partial charge in [0.1, 0.15) is 0 Å². The minimum absolute atomic E-state index is 0.266. The standard InChI is InChI=1S/3C9H13N/c3*1-8(10)7-9-5-3-2-4-6-9/h3*2-6,8H,7,10H2,1H3. The van der Waals surface area contributed by atoms with Gasteiger partial charge in [-0.1, -0.05) is 91.0 Å². The van der Waals surface area contributed by atoms with Crippen LogP contribution in [0.1, 0.15) is 37.5 Å². The van der Waals surface area contributed by atoms with Gasteiger partial charge in [-0.15, -0.1) is 0 Å². The van der Waals surface area contributed by atoms with Crippen molar-refractivity contribution in [3.8, 4) is 0 Å². The van der Waals surface area contributed by atoms with Crippen LogP contribution in [0.5, 0.6) is 0 Å². The third-order valence-electron chi connectivity index (χ3n) is 4.20. The second-order valence-electron chi connectivity index (χ2n) is 8.00. The van der Waals surface area contributed by atoms with Crippen LogP contribution >= 0.6 is 0 Å². The molecular formula is C27H39N3. The maximum Gasteiger partial charge on any atom is 0.00509 e. The van der Waals surface area contributed by atoms with Crippen LogP contribution in [-0.2, 0) is 19.3 Å². The van der Waals surface area contributed by atoms with Crippen molar-refractivity contribution in [3.05, 3.63) is 108 Å². The Morgan fingerprint density at radius 2 is 0.633 bits per heavy atom. The summed E-state index contributed by atoms with van der Waals surface area (Å²) >= 11 is 0. The van der Waals surface area contributed by atoms with E-state index in [9.17, 15) is 0 Å². The third kappa shape index (κ3) is 13.7. The van der Waals surface area contributed by atoms with Gasteiger partial charge in [-0.2, -0.15) is 0 Å². The first-order chi connectivity index (χ1) is 14.4. The van der Waals surface area contributed by atoms with E-state index in [-0.39, 0.29) is 18.1 Å². The van der Waals surface area contributed by atoms with Gasteiger partial charge in [0.15, 0.2) is 0 Å². The van der Waals surface area contributed by atoms with Crippen LogP contribution in [0, 0.1) is 0 Å². The highest BCUT2D eigenvalue weighted by atomic mass is 14.6. The molecular weight excluding hydrogens is 366 g/mol. The van der Waals surface area contributed by atoms with Crippen molar-refractivity contribution >= 4 is 0 Å². The van der Waals surface area contributed by atoms with Crippen molar-refractivity contribution in [2.75, 3.05) is 0 Å². The molecule has 0 aliphatic heterocycles. The molecule has 0 aliphatic carbocycles. The average Bonchev–Trinajstić information content (AvgIpc) is 2.70. The molecule has 0 radical (unpaired) electrons. The largest absolute Gasteiger partial charge is 0.328 e. The summed E-state index contributed by atoms with van der Waals surface area (Å²) in [5.41, 5.74) is 20.8. The normalized spacial score (nSPS) is 13.0. The fraction of sp³-hybridized carbons (Fsp3) is 0.333. The molecule has 3 aromatic carbocycles. The molecule has 3 unspecified atom stereocenters. The van der Waals surface area contributed by atoms with Crippen LogP contribution in [0.2, 0.25) is 0 Å². The molecule has 3 nitrogen and oxygen atoms in total. The number of rotatable bonds is 6. The van der Waals surface area contributed by atoms with Gasteiger partial charge < -0.3 is 17.2 Å². The molecule has 0 amide bonds. The van der Waals surface area contributed by atoms with Gasteiger partial charge in [0.2, 0.25) is 0 Å². The van der Waals surface area contributed by atoms with Gasteiger partial charge in [-0.3, -0.25) is 0 Å². The molecule has 0 heterocycles. The Bertz CT molecular complexity index is 646. The average molecular weight is 406 g/mol. The van der Waals surface area contributed by atoms with Crippen molar-refractivity contribution in [1.29, 1.82) is 0 Å². The fourth-order valence-electron chi connectivity index (χ4n) is 2.96. The molecule has 3 aromatic rings. The topological polar surface area (TPSA) is 78.1 Å². The second-order valence-corrected chi connectivity index (χ2v) is 8.00. The molecule has 3 heteroatoms. The van der Waals surface area contributed by atoms with Crippen molar-refractivity contribution in [3.63, 3.8) is 0 Å². The number of nitrogens with two attached hydrogens (primary N) is 3. The van der Waals surface area contributed by atoms with Crippen LogP contribution in [-0.4, -0.2) is 18.1 Å². The Labute approximate surface area is 183 Å². The summed E-state index contributed by atoms with van der Waals surface area (Å²) in [6, 6.07) is 31.7. The molecule has 3 atom stereocenters. The van der Waals surface area contributed by atoms with Crippen molar-refractivity contribution < 1.29 is 0 Å². The third-order valence-corrected chi connectivity index (χ3v) is 4.20. The first-order valence-corrected chi connectivity index (χ1v) is 10.7. The summed E-state index contributed by atoms with van der Waals surface area (Å²) in [6.45, 7) is 6.06. The molecule has 0 saturated carbocycles. The van der Waals surface area contributed by atoms with Gasteiger partial charge in [-0.25, -0.2) is 0 Å². The fourth-order valence-corrected chi connectivity index (χ4v) is 2.96. The van der Waals surface area contributed by atoms with E-state index in [0.717, 1.165) is 19.3 Å². The first kappa shape index (κ1) is 25.6. The Morgan fingerprint density at radius 1 is 0.433 bits per heavy atom. The van der Waals surface area contributed by atoms with E-state index in [0.29, 0.717) is 0 Å². The van der Waals surface area contributed by atoms with Gasteiger partial charge in [0.05, 0.1) is 0 Å². The highest BCUT2D eigenvalue weighted by molar-refractivity contribution is 5.16. The molecule has 162 valence electrons. The van der Waals surface area contributed by atoms with Crippen LogP contribution in [0.25, 0.3) is 0 Å². The maximum absolute atomic E-state index is 5.62. The highest BCUT2D eigenvalue weighted by Gasteiger charge is 1.95. The summed E-state index contributed by atoms with van der Waals surface area (Å²) in [7, 11) is 0. The molecule has 0 aliphatic rings. The van der Waals surface area contributed by atoms with E-state index >= 15 is 0 Å². The van der Waals surface area contributed by atoms with Gasteiger partial charge in [0.25, 0.3) is 0 Å². The van der Waals surface area contributed by atoms with E-state index in [1.165, 1.54) is 16.7 Å². The summed E-state index contributed by atoms with van der Waals surface area (Å²) < 4.78 is 0. The van der Waals surface area contributed by atoms with E-state index < -0.39 is 0 Å². The number of hydrogen-bond acceptors (Lipinski definition) is 3.